The van der Waals surface area contributed by atoms with Crippen LogP contribution in [-0.4, -0.2) is 17.5 Å². The van der Waals surface area contributed by atoms with Gasteiger partial charge in [0.1, 0.15) is 17.5 Å². The van der Waals surface area contributed by atoms with Gasteiger partial charge in [0.05, 0.1) is 11.7 Å². The Hall–Kier alpha value is -3.28. The zero-order chi connectivity index (χ0) is 19.7. The number of anilines is 1. The van der Waals surface area contributed by atoms with E-state index in [1.54, 1.807) is 17.0 Å². The fourth-order valence-electron chi connectivity index (χ4n) is 3.57. The van der Waals surface area contributed by atoms with Crippen molar-refractivity contribution in [3.63, 3.8) is 0 Å². The van der Waals surface area contributed by atoms with Crippen molar-refractivity contribution >= 4 is 11.7 Å². The summed E-state index contributed by atoms with van der Waals surface area (Å²) in [6, 6.07) is 15.8. The fourth-order valence-corrected chi connectivity index (χ4v) is 3.57. The van der Waals surface area contributed by atoms with Crippen molar-refractivity contribution in [2.45, 2.75) is 12.5 Å². The number of fused-ring (bicyclic) bond motifs is 1. The number of amides is 2. The van der Waals surface area contributed by atoms with Crippen LogP contribution in [0.1, 0.15) is 22.7 Å². The Morgan fingerprint density at radius 2 is 1.64 bits per heavy atom. The zero-order valence-electron chi connectivity index (χ0n) is 14.8. The predicted octanol–water partition coefficient (Wildman–Crippen LogP) is 5.28. The van der Waals surface area contributed by atoms with Gasteiger partial charge in [-0.25, -0.2) is 18.0 Å². The molecule has 3 aromatic rings. The van der Waals surface area contributed by atoms with E-state index in [0.717, 1.165) is 28.8 Å². The standard InChI is InChI=1S/C22H17F3N2O/c23-16-7-5-15(6-8-16)21-18-4-2-1-3-14(18)11-12-27(21)22(28)26-20-10-9-17(24)13-19(20)25/h1-10,13,21H,11-12H2,(H,26,28). The fraction of sp³-hybridized carbons (Fsp3) is 0.136. The maximum Gasteiger partial charge on any atom is 0.322 e. The molecule has 3 nitrogen and oxygen atoms in total. The lowest BCUT2D eigenvalue weighted by atomic mass is 9.88. The smallest absolute Gasteiger partial charge is 0.313 e. The maximum absolute atomic E-state index is 14.0. The van der Waals surface area contributed by atoms with Crippen LogP contribution in [0, 0.1) is 17.5 Å². The SMILES string of the molecule is O=C(Nc1ccc(F)cc1F)N1CCc2ccccc2C1c1ccc(F)cc1. The van der Waals surface area contributed by atoms with Gasteiger partial charge >= 0.3 is 6.03 Å². The van der Waals surface area contributed by atoms with Crippen LogP contribution in [0.3, 0.4) is 0 Å². The summed E-state index contributed by atoms with van der Waals surface area (Å²) in [4.78, 5) is 14.5. The minimum atomic E-state index is -0.843. The van der Waals surface area contributed by atoms with Crippen LogP contribution in [0.4, 0.5) is 23.7 Å². The van der Waals surface area contributed by atoms with E-state index in [1.807, 2.05) is 24.3 Å². The normalized spacial score (nSPS) is 15.8. The van der Waals surface area contributed by atoms with Crippen molar-refractivity contribution in [1.82, 2.24) is 4.90 Å². The molecule has 2 amide bonds. The van der Waals surface area contributed by atoms with Gasteiger partial charge in [0.15, 0.2) is 0 Å². The van der Waals surface area contributed by atoms with Crippen LogP contribution < -0.4 is 5.32 Å². The molecular weight excluding hydrogens is 365 g/mol. The minimum absolute atomic E-state index is 0.0943. The molecule has 142 valence electrons. The van der Waals surface area contributed by atoms with E-state index in [9.17, 15) is 18.0 Å². The Labute approximate surface area is 160 Å². The highest BCUT2D eigenvalue weighted by atomic mass is 19.1. The van der Waals surface area contributed by atoms with Crippen LogP contribution in [0.25, 0.3) is 0 Å². The highest BCUT2D eigenvalue weighted by Crippen LogP contribution is 2.35. The van der Waals surface area contributed by atoms with Crippen LogP contribution in [0.5, 0.6) is 0 Å². The average molecular weight is 382 g/mol. The van der Waals surface area contributed by atoms with Gasteiger partial charge in [-0.15, -0.1) is 0 Å². The molecule has 28 heavy (non-hydrogen) atoms. The molecule has 1 N–H and O–H groups in total. The Morgan fingerprint density at radius 1 is 0.929 bits per heavy atom. The molecule has 0 saturated carbocycles. The van der Waals surface area contributed by atoms with Crippen molar-refractivity contribution in [2.24, 2.45) is 0 Å². The molecule has 0 bridgehead atoms. The van der Waals surface area contributed by atoms with Gasteiger partial charge in [-0.2, -0.15) is 0 Å². The van der Waals surface area contributed by atoms with E-state index >= 15 is 0 Å². The topological polar surface area (TPSA) is 32.3 Å². The summed E-state index contributed by atoms with van der Waals surface area (Å²) in [7, 11) is 0. The number of nitrogens with zero attached hydrogens (tertiary/aromatic N) is 1. The van der Waals surface area contributed by atoms with Crippen LogP contribution >= 0.6 is 0 Å². The second-order valence-electron chi connectivity index (χ2n) is 6.65. The molecule has 0 aliphatic carbocycles. The van der Waals surface area contributed by atoms with E-state index in [0.29, 0.717) is 13.0 Å². The molecule has 0 aromatic heterocycles. The monoisotopic (exact) mass is 382 g/mol. The first-order valence-corrected chi connectivity index (χ1v) is 8.89. The summed E-state index contributed by atoms with van der Waals surface area (Å²) in [5.41, 5.74) is 2.70. The van der Waals surface area contributed by atoms with Gasteiger partial charge in [0, 0.05) is 12.6 Å². The van der Waals surface area contributed by atoms with Gasteiger partial charge in [0.25, 0.3) is 0 Å². The third kappa shape index (κ3) is 3.45. The molecule has 0 radical (unpaired) electrons. The molecule has 6 heteroatoms. The van der Waals surface area contributed by atoms with Gasteiger partial charge in [0.2, 0.25) is 0 Å². The second kappa shape index (κ2) is 7.38. The highest BCUT2D eigenvalue weighted by Gasteiger charge is 2.32. The van der Waals surface area contributed by atoms with Gasteiger partial charge in [-0.1, -0.05) is 36.4 Å². The minimum Gasteiger partial charge on any atom is -0.313 e. The summed E-state index contributed by atoms with van der Waals surface area (Å²) < 4.78 is 40.5. The average Bonchev–Trinajstić information content (AvgIpc) is 2.70. The summed E-state index contributed by atoms with van der Waals surface area (Å²) in [6.07, 6.45) is 0.646. The summed E-state index contributed by atoms with van der Waals surface area (Å²) in [5, 5.41) is 2.52. The molecule has 1 aliphatic rings. The number of benzene rings is 3. The van der Waals surface area contributed by atoms with Crippen molar-refractivity contribution in [1.29, 1.82) is 0 Å². The third-order valence-electron chi connectivity index (χ3n) is 4.90. The Kier molecular flexibility index (Phi) is 4.77. The van der Waals surface area contributed by atoms with Crippen LogP contribution in [0.2, 0.25) is 0 Å². The van der Waals surface area contributed by atoms with Crippen LogP contribution in [0.15, 0.2) is 66.7 Å². The molecule has 0 spiro atoms. The largest absolute Gasteiger partial charge is 0.322 e. The molecule has 3 aromatic carbocycles. The maximum atomic E-state index is 14.0. The number of hydrogen-bond donors (Lipinski definition) is 1. The van der Waals surface area contributed by atoms with E-state index in [1.165, 1.54) is 18.2 Å². The molecule has 1 atom stereocenters. The summed E-state index contributed by atoms with van der Waals surface area (Å²) >= 11 is 0. The number of carbonyl (C=O) groups excluding carboxylic acids is 1. The van der Waals surface area contributed by atoms with Gasteiger partial charge in [-0.3, -0.25) is 0 Å². The number of urea groups is 1. The lowest BCUT2D eigenvalue weighted by Crippen LogP contribution is -2.43. The first kappa shape index (κ1) is 18.1. The number of halogens is 3. The molecule has 0 fully saturated rings. The van der Waals surface area contributed by atoms with Crippen molar-refractivity contribution in [2.75, 3.05) is 11.9 Å². The van der Waals surface area contributed by atoms with Gasteiger partial charge < -0.3 is 10.2 Å². The summed E-state index contributed by atoms with van der Waals surface area (Å²) in [5.74, 6) is -1.92. The van der Waals surface area contributed by atoms with E-state index < -0.39 is 23.7 Å². The zero-order valence-corrected chi connectivity index (χ0v) is 14.8. The number of carbonyl (C=O) groups is 1. The Morgan fingerprint density at radius 3 is 2.39 bits per heavy atom. The first-order valence-electron chi connectivity index (χ1n) is 8.89. The molecule has 1 unspecified atom stereocenters. The Bertz CT molecular complexity index is 1020. The van der Waals surface area contributed by atoms with E-state index in [2.05, 4.69) is 5.32 Å². The molecule has 0 saturated heterocycles. The van der Waals surface area contributed by atoms with Gasteiger partial charge in [-0.05, 0) is 47.4 Å². The molecule has 4 rings (SSSR count). The third-order valence-corrected chi connectivity index (χ3v) is 4.90. The van der Waals surface area contributed by atoms with Crippen molar-refractivity contribution in [3.8, 4) is 0 Å². The molecule has 1 heterocycles. The van der Waals surface area contributed by atoms with Crippen LogP contribution in [-0.2, 0) is 6.42 Å². The molecular formula is C22H17F3N2O. The molecule has 1 aliphatic heterocycles. The summed E-state index contributed by atoms with van der Waals surface area (Å²) in [6.45, 7) is 0.410. The van der Waals surface area contributed by atoms with E-state index in [4.69, 9.17) is 0 Å². The number of hydrogen-bond acceptors (Lipinski definition) is 1. The quantitative estimate of drug-likeness (QED) is 0.642. The number of nitrogens with one attached hydrogen (secondary N) is 1. The Balaban J connectivity index is 1.70. The number of rotatable bonds is 2. The predicted molar refractivity (Wildman–Crippen MR) is 100 cm³/mol. The lowest BCUT2D eigenvalue weighted by molar-refractivity contribution is 0.194. The van der Waals surface area contributed by atoms with Crippen molar-refractivity contribution < 1.29 is 18.0 Å². The highest BCUT2D eigenvalue weighted by molar-refractivity contribution is 5.90. The van der Waals surface area contributed by atoms with E-state index in [-0.39, 0.29) is 11.5 Å². The lowest BCUT2D eigenvalue weighted by Gasteiger charge is -2.37. The van der Waals surface area contributed by atoms with Crippen molar-refractivity contribution in [3.05, 3.63) is 101 Å². The second-order valence-corrected chi connectivity index (χ2v) is 6.65. The first-order chi connectivity index (χ1) is 13.5.